The lowest BCUT2D eigenvalue weighted by Gasteiger charge is -2.39. The van der Waals surface area contributed by atoms with Gasteiger partial charge >= 0.3 is 0 Å². The van der Waals surface area contributed by atoms with Crippen molar-refractivity contribution in [3.8, 4) is 6.07 Å². The Bertz CT molecular complexity index is 532. The predicted octanol–water partition coefficient (Wildman–Crippen LogP) is 3.31. The fourth-order valence-electron chi connectivity index (χ4n) is 2.30. The summed E-state index contributed by atoms with van der Waals surface area (Å²) in [5, 5.41) is 11.8. The van der Waals surface area contributed by atoms with Crippen LogP contribution in [0.4, 0.5) is 10.1 Å². The minimum atomic E-state index is -0.936. The van der Waals surface area contributed by atoms with Crippen molar-refractivity contribution in [3.63, 3.8) is 0 Å². The van der Waals surface area contributed by atoms with Gasteiger partial charge in [-0.1, -0.05) is 13.0 Å². The summed E-state index contributed by atoms with van der Waals surface area (Å²) in [7, 11) is 0. The van der Waals surface area contributed by atoms with E-state index in [-0.39, 0.29) is 11.7 Å². The first-order valence-electron chi connectivity index (χ1n) is 5.65. The van der Waals surface area contributed by atoms with Gasteiger partial charge in [-0.2, -0.15) is 5.26 Å². The first-order valence-corrected chi connectivity index (χ1v) is 6.73. The Morgan fingerprint density at radius 1 is 1.61 bits per heavy atom. The second kappa shape index (κ2) is 4.84. The second-order valence-electron chi connectivity index (χ2n) is 4.76. The minimum absolute atomic E-state index is 0.327. The fourth-order valence-corrected chi connectivity index (χ4v) is 2.79. The molecule has 18 heavy (non-hydrogen) atoms. The average molecular weight is 358 g/mol. The Morgan fingerprint density at radius 3 is 2.83 bits per heavy atom. The van der Waals surface area contributed by atoms with Gasteiger partial charge in [-0.3, -0.25) is 4.79 Å². The molecule has 1 saturated carbocycles. The van der Waals surface area contributed by atoms with Crippen LogP contribution in [0.15, 0.2) is 18.2 Å². The lowest BCUT2D eigenvalue weighted by atomic mass is 9.63. The Morgan fingerprint density at radius 2 is 2.28 bits per heavy atom. The standard InChI is InChI=1S/C13H12FIN2O/c1-8-5-13(6-8,7-16)12(18)17-10-4-2-3-9(14)11(10)15/h2-4,8H,5-6H2,1H3,(H,17,18). The predicted molar refractivity (Wildman–Crippen MR) is 74.2 cm³/mol. The van der Waals surface area contributed by atoms with Crippen LogP contribution >= 0.6 is 22.6 Å². The molecule has 0 spiro atoms. The van der Waals surface area contributed by atoms with E-state index in [1.165, 1.54) is 12.1 Å². The van der Waals surface area contributed by atoms with Crippen molar-refractivity contribution in [2.75, 3.05) is 5.32 Å². The molecule has 0 radical (unpaired) electrons. The molecular formula is C13H12FIN2O. The van der Waals surface area contributed by atoms with E-state index in [1.54, 1.807) is 6.07 Å². The summed E-state index contributed by atoms with van der Waals surface area (Å²) in [5.41, 5.74) is -0.510. The molecule has 0 aliphatic heterocycles. The minimum Gasteiger partial charge on any atom is -0.324 e. The summed E-state index contributed by atoms with van der Waals surface area (Å²) in [6.07, 6.45) is 1.14. The molecule has 0 atom stereocenters. The van der Waals surface area contributed by atoms with Crippen molar-refractivity contribution in [2.24, 2.45) is 11.3 Å². The second-order valence-corrected chi connectivity index (χ2v) is 5.84. The number of anilines is 1. The molecule has 1 aliphatic rings. The molecule has 1 amide bonds. The summed E-state index contributed by atoms with van der Waals surface area (Å²) in [6.45, 7) is 2.01. The zero-order valence-electron chi connectivity index (χ0n) is 9.84. The highest BCUT2D eigenvalue weighted by molar-refractivity contribution is 14.1. The van der Waals surface area contributed by atoms with E-state index < -0.39 is 5.41 Å². The lowest BCUT2D eigenvalue weighted by molar-refractivity contribution is -0.128. The van der Waals surface area contributed by atoms with Crippen molar-refractivity contribution in [1.29, 1.82) is 5.26 Å². The van der Waals surface area contributed by atoms with Gasteiger partial charge in [0.25, 0.3) is 0 Å². The SMILES string of the molecule is CC1CC(C#N)(C(=O)Nc2cccc(F)c2I)C1. The van der Waals surface area contributed by atoms with Gasteiger partial charge in [0.2, 0.25) is 5.91 Å². The summed E-state index contributed by atoms with van der Waals surface area (Å²) in [6, 6.07) is 6.60. The number of hydrogen-bond donors (Lipinski definition) is 1. The molecule has 3 nitrogen and oxygen atoms in total. The van der Waals surface area contributed by atoms with E-state index in [2.05, 4.69) is 11.4 Å². The van der Waals surface area contributed by atoms with Crippen molar-refractivity contribution in [1.82, 2.24) is 0 Å². The van der Waals surface area contributed by atoms with Crippen LogP contribution in [-0.4, -0.2) is 5.91 Å². The number of nitrogens with one attached hydrogen (secondary N) is 1. The van der Waals surface area contributed by atoms with Crippen LogP contribution in [0.25, 0.3) is 0 Å². The van der Waals surface area contributed by atoms with Gasteiger partial charge in [0.1, 0.15) is 11.2 Å². The van der Waals surface area contributed by atoms with Gasteiger partial charge in [-0.25, -0.2) is 4.39 Å². The maximum Gasteiger partial charge on any atom is 0.244 e. The molecule has 1 aromatic rings. The quantitative estimate of drug-likeness (QED) is 0.825. The number of carbonyl (C=O) groups is 1. The number of rotatable bonds is 2. The number of halogens is 2. The molecule has 0 heterocycles. The van der Waals surface area contributed by atoms with E-state index in [0.29, 0.717) is 28.0 Å². The van der Waals surface area contributed by atoms with E-state index in [0.717, 1.165) is 0 Å². The number of hydrogen-bond acceptors (Lipinski definition) is 2. The Kier molecular flexibility index (Phi) is 3.57. The third kappa shape index (κ3) is 2.21. The van der Waals surface area contributed by atoms with Crippen LogP contribution in [0, 0.1) is 32.1 Å². The van der Waals surface area contributed by atoms with E-state index >= 15 is 0 Å². The summed E-state index contributed by atoms with van der Waals surface area (Å²) >= 11 is 1.84. The van der Waals surface area contributed by atoms with Crippen molar-refractivity contribution < 1.29 is 9.18 Å². The molecule has 1 N–H and O–H groups in total. The first-order chi connectivity index (χ1) is 8.48. The van der Waals surface area contributed by atoms with Gasteiger partial charge < -0.3 is 5.32 Å². The monoisotopic (exact) mass is 358 g/mol. The van der Waals surface area contributed by atoms with Crippen LogP contribution < -0.4 is 5.32 Å². The zero-order valence-corrected chi connectivity index (χ0v) is 12.0. The Hall–Kier alpha value is -1.16. The topological polar surface area (TPSA) is 52.9 Å². The van der Waals surface area contributed by atoms with Gasteiger partial charge in [-0.15, -0.1) is 0 Å². The van der Waals surface area contributed by atoms with E-state index in [4.69, 9.17) is 5.26 Å². The molecular weight excluding hydrogens is 346 g/mol. The van der Waals surface area contributed by atoms with Crippen LogP contribution in [-0.2, 0) is 4.79 Å². The normalized spacial score (nSPS) is 26.0. The zero-order chi connectivity index (χ0) is 13.3. The highest BCUT2D eigenvalue weighted by atomic mass is 127. The largest absolute Gasteiger partial charge is 0.324 e. The number of nitriles is 1. The maximum absolute atomic E-state index is 13.3. The number of benzene rings is 1. The lowest BCUT2D eigenvalue weighted by Crippen LogP contribution is -2.45. The summed E-state index contributed by atoms with van der Waals surface area (Å²) < 4.78 is 13.7. The van der Waals surface area contributed by atoms with Gasteiger partial charge in [0.15, 0.2) is 0 Å². The number of amides is 1. The van der Waals surface area contributed by atoms with Crippen LogP contribution in [0.1, 0.15) is 19.8 Å². The molecule has 0 aromatic heterocycles. The molecule has 1 fully saturated rings. The smallest absolute Gasteiger partial charge is 0.244 e. The number of nitrogens with zero attached hydrogens (tertiary/aromatic N) is 1. The van der Waals surface area contributed by atoms with Crippen molar-refractivity contribution in [2.45, 2.75) is 19.8 Å². The maximum atomic E-state index is 13.3. The molecule has 0 unspecified atom stereocenters. The summed E-state index contributed by atoms with van der Waals surface area (Å²) in [4.78, 5) is 12.1. The van der Waals surface area contributed by atoms with Gasteiger partial charge in [-0.05, 0) is 53.5 Å². The van der Waals surface area contributed by atoms with Crippen LogP contribution in [0.5, 0.6) is 0 Å². The molecule has 2 rings (SSSR count). The summed E-state index contributed by atoms with van der Waals surface area (Å²) in [5.74, 6) is -0.310. The van der Waals surface area contributed by atoms with E-state index in [1.807, 2.05) is 29.5 Å². The van der Waals surface area contributed by atoms with E-state index in [9.17, 15) is 9.18 Å². The Labute approximate surface area is 119 Å². The highest BCUT2D eigenvalue weighted by Gasteiger charge is 2.49. The highest BCUT2D eigenvalue weighted by Crippen LogP contribution is 2.45. The van der Waals surface area contributed by atoms with Gasteiger partial charge in [0.05, 0.1) is 15.3 Å². The molecule has 1 aromatic carbocycles. The molecule has 0 saturated heterocycles. The fraction of sp³-hybridized carbons (Fsp3) is 0.385. The Balaban J connectivity index is 2.18. The third-order valence-corrected chi connectivity index (χ3v) is 4.34. The van der Waals surface area contributed by atoms with Crippen LogP contribution in [0.3, 0.4) is 0 Å². The molecule has 5 heteroatoms. The molecule has 94 valence electrons. The average Bonchev–Trinajstić information content (AvgIpc) is 2.30. The van der Waals surface area contributed by atoms with Crippen molar-refractivity contribution >= 4 is 34.2 Å². The van der Waals surface area contributed by atoms with Gasteiger partial charge in [0, 0.05) is 0 Å². The molecule has 0 bridgehead atoms. The number of carbonyl (C=O) groups excluding carboxylic acids is 1. The van der Waals surface area contributed by atoms with Crippen molar-refractivity contribution in [3.05, 3.63) is 27.6 Å². The van der Waals surface area contributed by atoms with Crippen LogP contribution in [0.2, 0.25) is 0 Å². The first kappa shape index (κ1) is 13.3. The molecule has 1 aliphatic carbocycles. The third-order valence-electron chi connectivity index (χ3n) is 3.24.